The predicted octanol–water partition coefficient (Wildman–Crippen LogP) is 24.5. The molecule has 94 heavy (non-hydrogen) atoms. The molecule has 7 heteroatoms. The number of hydrogen-bond acceptors (Lipinski definition) is 6. The van der Waals surface area contributed by atoms with Crippen LogP contribution in [0.3, 0.4) is 0 Å². The van der Waals surface area contributed by atoms with Gasteiger partial charge >= 0.3 is 0 Å². The third-order valence-electron chi connectivity index (χ3n) is 20.0. The second kappa shape index (κ2) is 24.7. The number of fused-ring (bicyclic) bond motifs is 12. The second-order valence-corrected chi connectivity index (χ2v) is 27.1. The maximum absolute atomic E-state index is 12.0. The Hall–Kier alpha value is -10.2. The number of carbonyl (C=O) groups is 1. The van der Waals surface area contributed by atoms with Crippen LogP contribution in [0.15, 0.2) is 249 Å². The van der Waals surface area contributed by atoms with E-state index in [0.29, 0.717) is 0 Å². The second-order valence-electron chi connectivity index (χ2n) is 26.1. The molecule has 0 saturated heterocycles. The van der Waals surface area contributed by atoms with Crippen LogP contribution in [-0.2, 0) is 15.6 Å². The largest absolute Gasteiger partial charge is 0.310 e. The van der Waals surface area contributed by atoms with Gasteiger partial charge in [-0.1, -0.05) is 199 Å². The number of benzene rings is 10. The summed E-state index contributed by atoms with van der Waals surface area (Å²) in [6.45, 7) is 17.0. The molecule has 0 bridgehead atoms. The lowest BCUT2D eigenvalue weighted by atomic mass is 9.71. The fourth-order valence-electron chi connectivity index (χ4n) is 16.1. The molecule has 0 fully saturated rings. The summed E-state index contributed by atoms with van der Waals surface area (Å²) in [5.74, 6) is 0.0282. The van der Waals surface area contributed by atoms with Crippen LogP contribution in [-0.4, -0.2) is 20.3 Å². The quantitative estimate of drug-likeness (QED) is 0.0562. The number of allylic oxidation sites excluding steroid dienone is 3. The molecule has 0 atom stereocenters. The van der Waals surface area contributed by atoms with Gasteiger partial charge < -0.3 is 14.4 Å². The van der Waals surface area contributed by atoms with E-state index in [1.165, 1.54) is 75.5 Å². The first-order chi connectivity index (χ1) is 46.0. The number of thiophene rings is 1. The van der Waals surface area contributed by atoms with Crippen molar-refractivity contribution in [2.24, 2.45) is 0 Å². The molecule has 0 unspecified atom stereocenters. The highest BCUT2D eigenvalue weighted by molar-refractivity contribution is 7.26. The molecule has 10 aromatic carbocycles. The van der Waals surface area contributed by atoms with Crippen molar-refractivity contribution in [3.8, 4) is 39.1 Å². The van der Waals surface area contributed by atoms with E-state index in [-0.39, 0.29) is 16.6 Å². The Bertz CT molecular complexity index is 5130. The van der Waals surface area contributed by atoms with Gasteiger partial charge in [-0.3, -0.25) is 4.79 Å². The molecule has 0 N–H and O–H groups in total. The summed E-state index contributed by atoms with van der Waals surface area (Å²) < 4.78 is 4.77. The number of hydrogen-bond donors (Lipinski definition) is 0. The number of ketones is 1. The van der Waals surface area contributed by atoms with Crippen molar-refractivity contribution in [1.82, 2.24) is 14.5 Å². The lowest BCUT2D eigenvalue weighted by molar-refractivity contribution is -0.112. The van der Waals surface area contributed by atoms with E-state index >= 15 is 0 Å². The van der Waals surface area contributed by atoms with Crippen molar-refractivity contribution in [2.45, 2.75) is 104 Å². The normalized spacial score (nSPS) is 13.5. The Balaban J connectivity index is 0.822. The highest BCUT2D eigenvalue weighted by Crippen LogP contribution is 2.57. The molecule has 0 saturated carbocycles. The molecule has 0 aliphatic heterocycles. The zero-order chi connectivity index (χ0) is 64.2. The average Bonchev–Trinajstić information content (AvgIpc) is 1.58. The summed E-state index contributed by atoms with van der Waals surface area (Å²) >= 11 is 1.84. The first-order valence-corrected chi connectivity index (χ1v) is 34.4. The monoisotopic (exact) mass is 1240 g/mol. The Kier molecular flexibility index (Phi) is 15.8. The van der Waals surface area contributed by atoms with Crippen LogP contribution in [0, 0.1) is 0 Å². The summed E-state index contributed by atoms with van der Waals surface area (Å²) in [7, 11) is 0. The van der Waals surface area contributed by atoms with Gasteiger partial charge in [0.05, 0.1) is 29.1 Å². The van der Waals surface area contributed by atoms with Crippen molar-refractivity contribution >= 4 is 105 Å². The zero-order valence-corrected chi connectivity index (χ0v) is 55.4. The Morgan fingerprint density at radius 2 is 0.894 bits per heavy atom. The Labute approximate surface area is 556 Å². The number of nitrogens with zero attached hydrogens (tertiary/aromatic N) is 5. The van der Waals surface area contributed by atoms with Gasteiger partial charge in [-0.05, 0) is 203 Å². The Morgan fingerprint density at radius 3 is 1.44 bits per heavy atom. The molecular formula is C87H77N5OS. The minimum absolute atomic E-state index is 0.0282. The van der Waals surface area contributed by atoms with Gasteiger partial charge in [0, 0.05) is 75.9 Å². The summed E-state index contributed by atoms with van der Waals surface area (Å²) in [6.07, 6.45) is 22.0. The van der Waals surface area contributed by atoms with Gasteiger partial charge in [-0.15, -0.1) is 11.3 Å². The molecule has 462 valence electrons. The minimum atomic E-state index is -0.0604. The van der Waals surface area contributed by atoms with E-state index in [2.05, 4.69) is 277 Å². The van der Waals surface area contributed by atoms with Crippen molar-refractivity contribution in [1.29, 1.82) is 0 Å². The van der Waals surface area contributed by atoms with E-state index in [1.807, 2.05) is 36.7 Å². The summed E-state index contributed by atoms with van der Waals surface area (Å²) in [5.41, 5.74) is 26.2. The van der Waals surface area contributed by atoms with Crippen LogP contribution in [0.1, 0.15) is 126 Å². The van der Waals surface area contributed by atoms with Gasteiger partial charge in [-0.25, -0.2) is 9.97 Å². The van der Waals surface area contributed by atoms with Crippen LogP contribution in [0.25, 0.3) is 93.2 Å². The minimum Gasteiger partial charge on any atom is -0.310 e. The molecule has 2 aliphatic carbocycles. The summed E-state index contributed by atoms with van der Waals surface area (Å²) in [4.78, 5) is 26.0. The molecule has 13 aromatic rings. The first kappa shape index (κ1) is 60.1. The van der Waals surface area contributed by atoms with Crippen molar-refractivity contribution in [3.63, 3.8) is 0 Å². The zero-order valence-electron chi connectivity index (χ0n) is 54.6. The highest BCUT2D eigenvalue weighted by Gasteiger charge is 2.43. The number of carbonyl (C=O) groups excluding carboxylic acids is 1. The summed E-state index contributed by atoms with van der Waals surface area (Å²) in [5, 5.41) is 4.79. The smallest absolute Gasteiger partial charge is 0.152 e. The molecule has 3 heterocycles. The predicted molar refractivity (Wildman–Crippen MR) is 400 cm³/mol. The molecular weight excluding hydrogens is 1160 g/mol. The maximum atomic E-state index is 12.0. The van der Waals surface area contributed by atoms with E-state index in [0.717, 1.165) is 130 Å². The highest BCUT2D eigenvalue weighted by atomic mass is 32.1. The summed E-state index contributed by atoms with van der Waals surface area (Å²) in [6, 6.07) is 78.0. The van der Waals surface area contributed by atoms with E-state index in [4.69, 9.17) is 0 Å². The lowest BCUT2D eigenvalue weighted by Gasteiger charge is -2.33. The molecule has 2 aliphatic rings. The van der Waals surface area contributed by atoms with E-state index in [1.54, 1.807) is 19.3 Å². The SMILES string of the molecule is C=C(C)/C=C/c1ccc(N(c2ccc(-c3ccc4c5cc6c(cc5n(-c5cncnc5)c4c3)sc3cc(N(c4ccc(/C=C/C(C)=O)cc4)c4ccc5c(c4)C(CCC)(CCC)c4ccccc4-5)ccc36)cc2)c2ccc3c(c2)C(CCC)(CCC)c2ccccc2-3)cc1. The van der Waals surface area contributed by atoms with Gasteiger partial charge in [0.25, 0.3) is 0 Å². The number of aromatic nitrogens is 3. The van der Waals surface area contributed by atoms with Crippen LogP contribution >= 0.6 is 11.3 Å². The molecule has 0 radical (unpaired) electrons. The van der Waals surface area contributed by atoms with Crippen LogP contribution in [0.4, 0.5) is 34.1 Å². The molecule has 6 nitrogen and oxygen atoms in total. The third kappa shape index (κ3) is 10.3. The first-order valence-electron chi connectivity index (χ1n) is 33.6. The topological polar surface area (TPSA) is 54.3 Å². The fraction of sp³-hybridized carbons (Fsp3) is 0.184. The fourth-order valence-corrected chi connectivity index (χ4v) is 17.3. The van der Waals surface area contributed by atoms with Crippen molar-refractivity contribution < 1.29 is 4.79 Å². The van der Waals surface area contributed by atoms with Crippen LogP contribution in [0.5, 0.6) is 0 Å². The molecule has 15 rings (SSSR count). The average molecular weight is 1240 g/mol. The lowest BCUT2D eigenvalue weighted by Crippen LogP contribution is -2.25. The van der Waals surface area contributed by atoms with E-state index in [9.17, 15) is 4.79 Å². The van der Waals surface area contributed by atoms with Crippen molar-refractivity contribution in [3.05, 3.63) is 283 Å². The molecule has 3 aromatic heterocycles. The standard InChI is InChI=1S/C87H77N5OS/c1-8-44-86(45-9-2)78-18-14-12-16-70(78)72-41-37-66(49-80(72)86)90(63-31-24-59(25-32-63)22-20-57(5)6)65-35-28-61(29-36-65)62-30-40-74-76-52-77-75-43-39-68(51-84(75)94-85(77)53-83(76)92(82(74)48-62)69-54-88-56-89-55-69)91(64-33-26-60(27-34-64)23-21-58(7)93)67-38-42-73-71-17-13-15-19-79(71)87(46-10-3,47-11-4)81(73)50-67/h12-43,48-56H,5,8-11,44-47H2,1-4,6-7H3/b22-20+,23-21+. The van der Waals surface area contributed by atoms with Gasteiger partial charge in [-0.2, -0.15) is 0 Å². The third-order valence-corrected chi connectivity index (χ3v) is 21.1. The molecule has 0 amide bonds. The van der Waals surface area contributed by atoms with E-state index < -0.39 is 0 Å². The van der Waals surface area contributed by atoms with Gasteiger partial charge in [0.15, 0.2) is 5.78 Å². The number of anilines is 6. The maximum Gasteiger partial charge on any atom is 0.152 e. The Morgan fingerprint density at radius 1 is 0.447 bits per heavy atom. The van der Waals surface area contributed by atoms with Crippen LogP contribution < -0.4 is 9.80 Å². The van der Waals surface area contributed by atoms with Gasteiger partial charge in [0.1, 0.15) is 6.33 Å². The van der Waals surface area contributed by atoms with Gasteiger partial charge in [0.2, 0.25) is 0 Å². The van der Waals surface area contributed by atoms with Crippen molar-refractivity contribution in [2.75, 3.05) is 9.80 Å². The number of rotatable bonds is 20. The van der Waals surface area contributed by atoms with Crippen LogP contribution in [0.2, 0.25) is 0 Å². The molecule has 0 spiro atoms.